The van der Waals surface area contributed by atoms with Crippen LogP contribution >= 0.6 is 0 Å². The van der Waals surface area contributed by atoms with Crippen LogP contribution in [0.4, 0.5) is 0 Å². The van der Waals surface area contributed by atoms with Crippen LogP contribution < -0.4 is 0 Å². The Kier molecular flexibility index (Phi) is 18.2. The van der Waals surface area contributed by atoms with Gasteiger partial charge in [0.2, 0.25) is 0 Å². The molecule has 4 rings (SSSR count). The first-order chi connectivity index (χ1) is 22.3. The van der Waals surface area contributed by atoms with Gasteiger partial charge >= 0.3 is 0 Å². The summed E-state index contributed by atoms with van der Waals surface area (Å²) >= 11 is 0. The van der Waals surface area contributed by atoms with Gasteiger partial charge < -0.3 is 0 Å². The number of carbonyl (C=O) groups excluding carboxylic acids is 3. The molecule has 0 amide bonds. The Morgan fingerprint density at radius 2 is 0.652 bits per heavy atom. The summed E-state index contributed by atoms with van der Waals surface area (Å²) in [7, 11) is 0. The van der Waals surface area contributed by atoms with Crippen molar-refractivity contribution in [3.8, 4) is 0 Å². The van der Waals surface area contributed by atoms with Crippen LogP contribution in [-0.2, 0) is 14.4 Å². The molecule has 0 heterocycles. The van der Waals surface area contributed by atoms with E-state index in [4.69, 9.17) is 0 Å². The van der Waals surface area contributed by atoms with Gasteiger partial charge in [0.1, 0.15) is 17.3 Å². The van der Waals surface area contributed by atoms with E-state index in [1.165, 1.54) is 135 Å². The third-order valence-corrected chi connectivity index (χ3v) is 12.6. The van der Waals surface area contributed by atoms with E-state index in [1.54, 1.807) is 0 Å². The fourth-order valence-electron chi connectivity index (χ4n) is 11.0. The van der Waals surface area contributed by atoms with Crippen LogP contribution in [0, 0.1) is 22.2 Å². The SMILES string of the molecule is CCCCCCC(=O)CCCCC12CC3CC(CCCCC(=O)CCCCCC)(C1)CC(CCCCC(=O)CCCCCC)(C3)C2. The highest BCUT2D eigenvalue weighted by Crippen LogP contribution is 2.73. The Labute approximate surface area is 286 Å². The second-order valence-corrected chi connectivity index (χ2v) is 17.2. The standard InChI is InChI=1S/C43H76O3/c1-4-7-10-13-22-38(44)25-16-19-28-41-31-37-32-42(34-41,29-20-17-26-39(45)23-14-11-8-5-2)36-43(33-37,35-41)30-21-18-27-40(46)24-15-12-9-6-3/h37H,4-36H2,1-3H3. The van der Waals surface area contributed by atoms with E-state index >= 15 is 0 Å². The van der Waals surface area contributed by atoms with E-state index in [1.807, 2.05) is 0 Å². The van der Waals surface area contributed by atoms with Crippen molar-refractivity contribution in [2.75, 3.05) is 0 Å². The predicted molar refractivity (Wildman–Crippen MR) is 195 cm³/mol. The Morgan fingerprint density at radius 1 is 0.391 bits per heavy atom. The van der Waals surface area contributed by atoms with Gasteiger partial charge in [-0.3, -0.25) is 14.4 Å². The maximum Gasteiger partial charge on any atom is 0.132 e. The molecule has 4 bridgehead atoms. The van der Waals surface area contributed by atoms with E-state index in [0.29, 0.717) is 33.6 Å². The molecule has 0 aliphatic heterocycles. The molecule has 3 nitrogen and oxygen atoms in total. The summed E-state index contributed by atoms with van der Waals surface area (Å²) in [6, 6.07) is 0. The van der Waals surface area contributed by atoms with Gasteiger partial charge in [0.25, 0.3) is 0 Å². The first-order valence-electron chi connectivity index (χ1n) is 20.8. The molecular weight excluding hydrogens is 564 g/mol. The van der Waals surface area contributed by atoms with Crippen LogP contribution in [0.5, 0.6) is 0 Å². The number of hydrogen-bond acceptors (Lipinski definition) is 3. The average Bonchev–Trinajstić information content (AvgIpc) is 3.02. The van der Waals surface area contributed by atoms with E-state index in [-0.39, 0.29) is 0 Å². The summed E-state index contributed by atoms with van der Waals surface area (Å²) in [4.78, 5) is 37.6. The van der Waals surface area contributed by atoms with Crippen LogP contribution in [0.25, 0.3) is 0 Å². The molecule has 266 valence electrons. The van der Waals surface area contributed by atoms with Crippen molar-refractivity contribution in [3.63, 3.8) is 0 Å². The van der Waals surface area contributed by atoms with Gasteiger partial charge in [0, 0.05) is 38.5 Å². The zero-order chi connectivity index (χ0) is 33.1. The second-order valence-electron chi connectivity index (χ2n) is 17.2. The molecule has 0 unspecified atom stereocenters. The fraction of sp³-hybridized carbons (Fsp3) is 0.930. The lowest BCUT2D eigenvalue weighted by atomic mass is 9.37. The summed E-state index contributed by atoms with van der Waals surface area (Å²) in [5.74, 6) is 2.36. The molecule has 46 heavy (non-hydrogen) atoms. The molecule has 3 heteroatoms. The third kappa shape index (κ3) is 13.9. The number of rotatable bonds is 30. The predicted octanol–water partition coefficient (Wildman–Crippen LogP) is 13.2. The van der Waals surface area contributed by atoms with Crippen molar-refractivity contribution >= 4 is 17.3 Å². The average molecular weight is 641 g/mol. The summed E-state index contributed by atoms with van der Waals surface area (Å²) in [6.45, 7) is 6.69. The van der Waals surface area contributed by atoms with Crippen molar-refractivity contribution in [2.45, 2.75) is 233 Å². The third-order valence-electron chi connectivity index (χ3n) is 12.6. The van der Waals surface area contributed by atoms with Gasteiger partial charge in [-0.05, 0) is 118 Å². The van der Waals surface area contributed by atoms with Gasteiger partial charge in [0.15, 0.2) is 0 Å². The lowest BCUT2D eigenvalue weighted by molar-refractivity contribution is -0.169. The Bertz CT molecular complexity index is 766. The Morgan fingerprint density at radius 3 is 0.913 bits per heavy atom. The van der Waals surface area contributed by atoms with Gasteiger partial charge in [-0.2, -0.15) is 0 Å². The van der Waals surface area contributed by atoms with Gasteiger partial charge in [-0.1, -0.05) is 97.8 Å². The fourth-order valence-corrected chi connectivity index (χ4v) is 11.0. The van der Waals surface area contributed by atoms with Crippen molar-refractivity contribution in [1.29, 1.82) is 0 Å². The highest BCUT2D eigenvalue weighted by Gasteiger charge is 2.61. The summed E-state index contributed by atoms with van der Waals surface area (Å²) in [5, 5.41) is 0. The first kappa shape index (κ1) is 39.4. The monoisotopic (exact) mass is 641 g/mol. The van der Waals surface area contributed by atoms with Crippen LogP contribution in [-0.4, -0.2) is 17.3 Å². The number of ketones is 3. The van der Waals surface area contributed by atoms with Crippen molar-refractivity contribution in [1.82, 2.24) is 0 Å². The second kappa shape index (κ2) is 21.2. The zero-order valence-corrected chi connectivity index (χ0v) is 31.1. The van der Waals surface area contributed by atoms with E-state index < -0.39 is 0 Å². The molecular formula is C43H76O3. The molecule has 0 saturated heterocycles. The quantitative estimate of drug-likeness (QED) is 0.0734. The first-order valence-corrected chi connectivity index (χ1v) is 20.8. The molecule has 4 fully saturated rings. The number of hydrogen-bond donors (Lipinski definition) is 0. The Balaban J connectivity index is 1.53. The van der Waals surface area contributed by atoms with Crippen molar-refractivity contribution < 1.29 is 14.4 Å². The van der Waals surface area contributed by atoms with Gasteiger partial charge in [-0.15, -0.1) is 0 Å². The number of unbranched alkanes of at least 4 members (excludes halogenated alkanes) is 12. The molecule has 0 spiro atoms. The number of carbonyl (C=O) groups is 3. The molecule has 0 N–H and O–H groups in total. The number of Topliss-reactive ketones (excluding diaryl/α,β-unsaturated/α-hetero) is 3. The molecule has 4 aliphatic rings. The smallest absolute Gasteiger partial charge is 0.132 e. The minimum Gasteiger partial charge on any atom is -0.300 e. The maximum atomic E-state index is 12.5. The topological polar surface area (TPSA) is 51.2 Å². The largest absolute Gasteiger partial charge is 0.300 e. The van der Waals surface area contributed by atoms with Crippen molar-refractivity contribution in [2.24, 2.45) is 22.2 Å². The lowest BCUT2D eigenvalue weighted by Crippen LogP contribution is -2.56. The van der Waals surface area contributed by atoms with Crippen LogP contribution in [0.1, 0.15) is 233 Å². The van der Waals surface area contributed by atoms with E-state index in [9.17, 15) is 14.4 Å². The molecule has 4 aliphatic carbocycles. The molecule has 0 aromatic carbocycles. The summed E-state index contributed by atoms with van der Waals surface area (Å²) in [6.07, 6.45) is 38.5. The van der Waals surface area contributed by atoms with Crippen LogP contribution in [0.2, 0.25) is 0 Å². The molecule has 4 saturated carbocycles. The van der Waals surface area contributed by atoms with Crippen LogP contribution in [0.15, 0.2) is 0 Å². The summed E-state index contributed by atoms with van der Waals surface area (Å²) in [5.41, 5.74) is 1.44. The van der Waals surface area contributed by atoms with Crippen LogP contribution in [0.3, 0.4) is 0 Å². The highest BCUT2D eigenvalue weighted by molar-refractivity contribution is 5.78. The van der Waals surface area contributed by atoms with E-state index in [2.05, 4.69) is 20.8 Å². The molecule has 0 aromatic heterocycles. The molecule has 0 radical (unpaired) electrons. The van der Waals surface area contributed by atoms with Gasteiger partial charge in [-0.25, -0.2) is 0 Å². The summed E-state index contributed by atoms with van der Waals surface area (Å²) < 4.78 is 0. The maximum absolute atomic E-state index is 12.5. The molecule has 0 atom stereocenters. The molecule has 0 aromatic rings. The zero-order valence-electron chi connectivity index (χ0n) is 31.1. The minimum atomic E-state index is 0.480. The highest BCUT2D eigenvalue weighted by atomic mass is 16.1. The lowest BCUT2D eigenvalue weighted by Gasteiger charge is -2.67. The van der Waals surface area contributed by atoms with Gasteiger partial charge in [0.05, 0.1) is 0 Å². The Hall–Kier alpha value is -0.990. The van der Waals surface area contributed by atoms with E-state index in [0.717, 1.165) is 83.0 Å². The van der Waals surface area contributed by atoms with Crippen molar-refractivity contribution in [3.05, 3.63) is 0 Å². The minimum absolute atomic E-state index is 0.480. The normalized spacial score (nSPS) is 26.5.